The van der Waals surface area contributed by atoms with Gasteiger partial charge in [-0.2, -0.15) is 0 Å². The van der Waals surface area contributed by atoms with E-state index in [2.05, 4.69) is 10.0 Å². The van der Waals surface area contributed by atoms with Gasteiger partial charge in [0.15, 0.2) is 0 Å². The zero-order chi connectivity index (χ0) is 17.2. The normalized spacial score (nSPS) is 11.2. The largest absolute Gasteiger partial charge is 0.353 e. The molecule has 0 fully saturated rings. The fraction of sp³-hybridized carbons (Fsp3) is 0.0588. The first-order chi connectivity index (χ1) is 11.4. The Morgan fingerprint density at radius 2 is 1.58 bits per heavy atom. The van der Waals surface area contributed by atoms with Gasteiger partial charge in [0.25, 0.3) is 10.0 Å². The summed E-state index contributed by atoms with van der Waals surface area (Å²) in [5, 5.41) is 2.95. The molecule has 3 aromatic rings. The van der Waals surface area contributed by atoms with E-state index in [1.165, 1.54) is 17.4 Å². The van der Waals surface area contributed by atoms with Crippen LogP contribution in [0.1, 0.15) is 4.88 Å². The lowest BCUT2D eigenvalue weighted by atomic mass is 10.2. The number of anilines is 3. The molecular weight excluding hydrogens is 347 g/mol. The highest BCUT2D eigenvalue weighted by molar-refractivity contribution is 7.94. The lowest BCUT2D eigenvalue weighted by molar-refractivity contribution is 0.603. The van der Waals surface area contributed by atoms with Gasteiger partial charge >= 0.3 is 0 Å². The standard InChI is InChI=1S/C17H15FN2O2S2/c1-12-6-11-17(23-12)24(21,22)20-14-9-7-13(8-10-14)19-16-5-3-2-4-15(16)18/h2-11,19-20H,1H3. The fourth-order valence-corrected chi connectivity index (χ4v) is 4.44. The quantitative estimate of drug-likeness (QED) is 0.689. The summed E-state index contributed by atoms with van der Waals surface area (Å²) >= 11 is 1.22. The third-order valence-corrected chi connectivity index (χ3v) is 6.14. The summed E-state index contributed by atoms with van der Waals surface area (Å²) in [4.78, 5) is 0.930. The number of hydrogen-bond acceptors (Lipinski definition) is 4. The van der Waals surface area contributed by atoms with Gasteiger partial charge in [-0.3, -0.25) is 4.72 Å². The zero-order valence-corrected chi connectivity index (χ0v) is 14.4. The Hall–Kier alpha value is -2.38. The Kier molecular flexibility index (Phi) is 4.55. The monoisotopic (exact) mass is 362 g/mol. The van der Waals surface area contributed by atoms with E-state index < -0.39 is 10.0 Å². The molecule has 0 bridgehead atoms. The Bertz CT molecular complexity index is 951. The van der Waals surface area contributed by atoms with Crippen LogP contribution in [-0.4, -0.2) is 8.42 Å². The topological polar surface area (TPSA) is 58.2 Å². The second-order valence-electron chi connectivity index (χ2n) is 5.15. The number of hydrogen-bond donors (Lipinski definition) is 2. The van der Waals surface area contributed by atoms with Crippen LogP contribution in [0.2, 0.25) is 0 Å². The van der Waals surface area contributed by atoms with Crippen LogP contribution in [0.25, 0.3) is 0 Å². The van der Waals surface area contributed by atoms with Gasteiger partial charge in [-0.15, -0.1) is 11.3 Å². The summed E-state index contributed by atoms with van der Waals surface area (Å²) in [5.41, 5.74) is 1.47. The molecule has 0 saturated heterocycles. The van der Waals surface area contributed by atoms with Crippen LogP contribution in [0.3, 0.4) is 0 Å². The van der Waals surface area contributed by atoms with E-state index >= 15 is 0 Å². The number of rotatable bonds is 5. The number of benzene rings is 2. The first-order valence-corrected chi connectivity index (χ1v) is 9.45. The molecule has 0 aliphatic heterocycles. The minimum Gasteiger partial charge on any atom is -0.353 e. The molecule has 0 radical (unpaired) electrons. The van der Waals surface area contributed by atoms with Gasteiger partial charge in [0.2, 0.25) is 0 Å². The number of nitrogens with one attached hydrogen (secondary N) is 2. The SMILES string of the molecule is Cc1ccc(S(=O)(=O)Nc2ccc(Nc3ccccc3F)cc2)s1. The van der Waals surface area contributed by atoms with E-state index in [1.54, 1.807) is 54.6 Å². The van der Waals surface area contributed by atoms with Crippen molar-refractivity contribution in [3.63, 3.8) is 0 Å². The molecule has 0 atom stereocenters. The van der Waals surface area contributed by atoms with Gasteiger partial charge in [-0.05, 0) is 55.5 Å². The van der Waals surface area contributed by atoms with Gasteiger partial charge in [0, 0.05) is 16.3 Å². The Labute approximate surface area is 144 Å². The van der Waals surface area contributed by atoms with Crippen molar-refractivity contribution in [2.24, 2.45) is 0 Å². The molecule has 0 amide bonds. The van der Waals surface area contributed by atoms with Crippen LogP contribution < -0.4 is 10.0 Å². The molecule has 0 spiro atoms. The summed E-state index contributed by atoms with van der Waals surface area (Å²) in [7, 11) is -3.58. The highest BCUT2D eigenvalue weighted by Crippen LogP contribution is 2.25. The van der Waals surface area contributed by atoms with Gasteiger partial charge < -0.3 is 5.32 Å². The predicted octanol–water partition coefficient (Wildman–Crippen LogP) is 4.74. The predicted molar refractivity (Wildman–Crippen MR) is 96.0 cm³/mol. The van der Waals surface area contributed by atoms with E-state index in [1.807, 2.05) is 6.92 Å². The fourth-order valence-electron chi connectivity index (χ4n) is 2.10. The first-order valence-electron chi connectivity index (χ1n) is 7.15. The molecule has 0 unspecified atom stereocenters. The maximum absolute atomic E-state index is 13.6. The lowest BCUT2D eigenvalue weighted by Crippen LogP contribution is -2.11. The van der Waals surface area contributed by atoms with Crippen LogP contribution >= 0.6 is 11.3 Å². The van der Waals surface area contributed by atoms with Crippen molar-refractivity contribution in [2.45, 2.75) is 11.1 Å². The Balaban J connectivity index is 1.74. The Morgan fingerprint density at radius 1 is 0.917 bits per heavy atom. The van der Waals surface area contributed by atoms with E-state index in [-0.39, 0.29) is 10.0 Å². The summed E-state index contributed by atoms with van der Waals surface area (Å²) in [6, 6.07) is 16.3. The summed E-state index contributed by atoms with van der Waals surface area (Å²) < 4.78 is 41.0. The maximum Gasteiger partial charge on any atom is 0.271 e. The van der Waals surface area contributed by atoms with E-state index in [9.17, 15) is 12.8 Å². The maximum atomic E-state index is 13.6. The van der Waals surface area contributed by atoms with Crippen molar-refractivity contribution >= 4 is 38.4 Å². The zero-order valence-electron chi connectivity index (χ0n) is 12.8. The van der Waals surface area contributed by atoms with Gasteiger partial charge in [-0.25, -0.2) is 12.8 Å². The molecule has 0 saturated carbocycles. The highest BCUT2D eigenvalue weighted by atomic mass is 32.2. The average Bonchev–Trinajstić information content (AvgIpc) is 2.99. The summed E-state index contributed by atoms with van der Waals surface area (Å²) in [6.45, 7) is 1.85. The smallest absolute Gasteiger partial charge is 0.271 e. The van der Waals surface area contributed by atoms with Crippen LogP contribution in [0.4, 0.5) is 21.5 Å². The Morgan fingerprint density at radius 3 is 2.21 bits per heavy atom. The molecule has 4 nitrogen and oxygen atoms in total. The molecule has 7 heteroatoms. The van der Waals surface area contributed by atoms with Crippen molar-refractivity contribution < 1.29 is 12.8 Å². The van der Waals surface area contributed by atoms with Crippen LogP contribution in [-0.2, 0) is 10.0 Å². The van der Waals surface area contributed by atoms with Gasteiger partial charge in [0.05, 0.1) is 5.69 Å². The van der Waals surface area contributed by atoms with Gasteiger partial charge in [0.1, 0.15) is 10.0 Å². The van der Waals surface area contributed by atoms with Crippen molar-refractivity contribution in [2.75, 3.05) is 10.0 Å². The lowest BCUT2D eigenvalue weighted by Gasteiger charge is -2.09. The number of thiophene rings is 1. The van der Waals surface area contributed by atoms with E-state index in [0.29, 0.717) is 17.1 Å². The van der Waals surface area contributed by atoms with Crippen molar-refractivity contribution in [3.05, 3.63) is 71.4 Å². The molecule has 3 rings (SSSR count). The molecule has 0 aliphatic carbocycles. The van der Waals surface area contributed by atoms with Crippen molar-refractivity contribution in [3.8, 4) is 0 Å². The van der Waals surface area contributed by atoms with E-state index in [0.717, 1.165) is 4.88 Å². The van der Waals surface area contributed by atoms with Crippen LogP contribution in [0, 0.1) is 12.7 Å². The average molecular weight is 362 g/mol. The second-order valence-corrected chi connectivity index (χ2v) is 8.35. The van der Waals surface area contributed by atoms with E-state index in [4.69, 9.17) is 0 Å². The minimum atomic E-state index is -3.58. The number of para-hydroxylation sites is 1. The van der Waals surface area contributed by atoms with Gasteiger partial charge in [-0.1, -0.05) is 12.1 Å². The van der Waals surface area contributed by atoms with Crippen molar-refractivity contribution in [1.82, 2.24) is 0 Å². The third kappa shape index (κ3) is 3.74. The molecule has 24 heavy (non-hydrogen) atoms. The summed E-state index contributed by atoms with van der Waals surface area (Å²) in [5.74, 6) is -0.352. The third-order valence-electron chi connectivity index (χ3n) is 3.27. The highest BCUT2D eigenvalue weighted by Gasteiger charge is 2.16. The molecule has 124 valence electrons. The first kappa shape index (κ1) is 16.5. The molecule has 2 N–H and O–H groups in total. The van der Waals surface area contributed by atoms with Crippen LogP contribution in [0.5, 0.6) is 0 Å². The molecule has 2 aromatic carbocycles. The minimum absolute atomic E-state index is 0.272. The van der Waals surface area contributed by atoms with Crippen LogP contribution in [0.15, 0.2) is 64.9 Å². The second kappa shape index (κ2) is 6.62. The number of sulfonamides is 1. The molecule has 1 aromatic heterocycles. The molecule has 0 aliphatic rings. The molecule has 1 heterocycles. The number of aryl methyl sites for hydroxylation is 1. The molecular formula is C17H15FN2O2S2. The van der Waals surface area contributed by atoms with Crippen molar-refractivity contribution in [1.29, 1.82) is 0 Å². The summed E-state index contributed by atoms with van der Waals surface area (Å²) in [6.07, 6.45) is 0. The number of halogens is 1.